The van der Waals surface area contributed by atoms with Crippen LogP contribution in [-0.2, 0) is 6.54 Å². The van der Waals surface area contributed by atoms with Crippen molar-refractivity contribution in [3.8, 4) is 0 Å². The highest BCUT2D eigenvalue weighted by molar-refractivity contribution is 7.11. The van der Waals surface area contributed by atoms with E-state index in [0.29, 0.717) is 5.92 Å². The first-order valence-electron chi connectivity index (χ1n) is 8.95. The Morgan fingerprint density at radius 2 is 2.00 bits per heavy atom. The monoisotopic (exact) mass is 358 g/mol. The van der Waals surface area contributed by atoms with Crippen LogP contribution < -0.4 is 0 Å². The van der Waals surface area contributed by atoms with Gasteiger partial charge in [-0.25, -0.2) is 4.39 Å². The van der Waals surface area contributed by atoms with Crippen molar-refractivity contribution in [2.75, 3.05) is 19.6 Å². The van der Waals surface area contributed by atoms with Crippen molar-refractivity contribution in [3.05, 3.63) is 57.5 Å². The molecule has 2 unspecified atom stereocenters. The second-order valence-corrected chi connectivity index (χ2v) is 8.50. The van der Waals surface area contributed by atoms with E-state index in [9.17, 15) is 9.18 Å². The molecule has 4 rings (SSSR count). The van der Waals surface area contributed by atoms with Gasteiger partial charge in [0.25, 0.3) is 5.91 Å². The van der Waals surface area contributed by atoms with Crippen LogP contribution in [0.2, 0.25) is 0 Å². The number of nitrogens with zero attached hydrogens (tertiary/aromatic N) is 2. The number of halogens is 1. The van der Waals surface area contributed by atoms with Gasteiger partial charge in [-0.3, -0.25) is 9.69 Å². The molecule has 2 fully saturated rings. The van der Waals surface area contributed by atoms with Gasteiger partial charge in [0.05, 0.1) is 5.56 Å². The summed E-state index contributed by atoms with van der Waals surface area (Å²) in [5, 5.41) is 0. The number of benzene rings is 1. The summed E-state index contributed by atoms with van der Waals surface area (Å²) in [6.45, 7) is 5.80. The van der Waals surface area contributed by atoms with Crippen molar-refractivity contribution in [1.82, 2.24) is 9.80 Å². The highest BCUT2D eigenvalue weighted by Crippen LogP contribution is 2.34. The third-order valence-electron chi connectivity index (χ3n) is 5.49. The lowest BCUT2D eigenvalue weighted by Crippen LogP contribution is -2.49. The summed E-state index contributed by atoms with van der Waals surface area (Å²) in [6.07, 6.45) is 2.16. The molecular weight excluding hydrogens is 335 g/mol. The van der Waals surface area contributed by atoms with E-state index in [-0.39, 0.29) is 17.5 Å². The molecule has 3 nitrogen and oxygen atoms in total. The SMILES string of the molecule is Cc1ccc(CN2CCC3CCN(C(=O)c4ccccc4F)C3C2)s1. The number of carbonyl (C=O) groups is 1. The number of likely N-dealkylation sites (tertiary alicyclic amines) is 2. The first kappa shape index (κ1) is 16.7. The fourth-order valence-corrected chi connectivity index (χ4v) is 5.11. The molecule has 2 atom stereocenters. The molecule has 5 heteroatoms. The Balaban J connectivity index is 1.48. The Kier molecular flexibility index (Phi) is 4.61. The summed E-state index contributed by atoms with van der Waals surface area (Å²) in [7, 11) is 0. The molecule has 0 N–H and O–H groups in total. The molecule has 2 aromatic rings. The molecule has 2 aliphatic heterocycles. The van der Waals surface area contributed by atoms with Crippen molar-refractivity contribution in [3.63, 3.8) is 0 Å². The molecule has 0 saturated carbocycles. The smallest absolute Gasteiger partial charge is 0.257 e. The highest BCUT2D eigenvalue weighted by atomic mass is 32.1. The van der Waals surface area contributed by atoms with Crippen LogP contribution in [0.4, 0.5) is 4.39 Å². The maximum absolute atomic E-state index is 14.0. The van der Waals surface area contributed by atoms with Crippen LogP contribution in [0.1, 0.15) is 33.0 Å². The van der Waals surface area contributed by atoms with Gasteiger partial charge in [-0.15, -0.1) is 11.3 Å². The van der Waals surface area contributed by atoms with Crippen molar-refractivity contribution in [2.24, 2.45) is 5.92 Å². The summed E-state index contributed by atoms with van der Waals surface area (Å²) < 4.78 is 14.0. The molecule has 1 amide bonds. The minimum absolute atomic E-state index is 0.153. The van der Waals surface area contributed by atoms with Crippen LogP contribution >= 0.6 is 11.3 Å². The van der Waals surface area contributed by atoms with E-state index in [1.165, 1.54) is 15.8 Å². The van der Waals surface area contributed by atoms with Gasteiger partial charge in [0.2, 0.25) is 0 Å². The van der Waals surface area contributed by atoms with Gasteiger partial charge in [0.1, 0.15) is 5.82 Å². The zero-order chi connectivity index (χ0) is 17.4. The minimum Gasteiger partial charge on any atom is -0.334 e. The molecular formula is C20H23FN2OS. The van der Waals surface area contributed by atoms with Crippen LogP contribution in [0, 0.1) is 18.7 Å². The van der Waals surface area contributed by atoms with Gasteiger partial charge >= 0.3 is 0 Å². The largest absolute Gasteiger partial charge is 0.334 e. The number of aryl methyl sites for hydroxylation is 1. The van der Waals surface area contributed by atoms with E-state index in [1.54, 1.807) is 18.2 Å². The topological polar surface area (TPSA) is 23.6 Å². The number of carbonyl (C=O) groups excluding carboxylic acids is 1. The lowest BCUT2D eigenvalue weighted by Gasteiger charge is -2.38. The predicted octanol–water partition coefficient (Wildman–Crippen LogP) is 3.93. The third kappa shape index (κ3) is 3.35. The van der Waals surface area contributed by atoms with Crippen molar-refractivity contribution in [2.45, 2.75) is 32.4 Å². The fourth-order valence-electron chi connectivity index (χ4n) is 4.18. The summed E-state index contributed by atoms with van der Waals surface area (Å²) in [5.41, 5.74) is 0.203. The van der Waals surface area contributed by atoms with Crippen molar-refractivity contribution >= 4 is 17.2 Å². The second kappa shape index (κ2) is 6.89. The van der Waals surface area contributed by atoms with Gasteiger partial charge in [-0.2, -0.15) is 0 Å². The van der Waals surface area contributed by atoms with Crippen LogP contribution in [0.25, 0.3) is 0 Å². The fraction of sp³-hybridized carbons (Fsp3) is 0.450. The van der Waals surface area contributed by atoms with Crippen LogP contribution in [0.3, 0.4) is 0 Å². The van der Waals surface area contributed by atoms with E-state index in [1.807, 2.05) is 16.2 Å². The average Bonchev–Trinajstić information content (AvgIpc) is 3.20. The van der Waals surface area contributed by atoms with Gasteiger partial charge in [0.15, 0.2) is 0 Å². The van der Waals surface area contributed by atoms with Gasteiger partial charge in [0, 0.05) is 35.4 Å². The lowest BCUT2D eigenvalue weighted by atomic mass is 9.92. The van der Waals surface area contributed by atoms with Gasteiger partial charge < -0.3 is 4.90 Å². The van der Waals surface area contributed by atoms with Gasteiger partial charge in [-0.05, 0) is 56.5 Å². The first-order chi connectivity index (χ1) is 12.1. The quantitative estimate of drug-likeness (QED) is 0.830. The van der Waals surface area contributed by atoms with Crippen LogP contribution in [0.15, 0.2) is 36.4 Å². The van der Waals surface area contributed by atoms with E-state index < -0.39 is 5.82 Å². The molecule has 3 heterocycles. The number of hydrogen-bond donors (Lipinski definition) is 0. The highest BCUT2D eigenvalue weighted by Gasteiger charge is 2.41. The Labute approximate surface area is 152 Å². The number of piperidine rings is 1. The molecule has 0 bridgehead atoms. The Bertz CT molecular complexity index is 775. The predicted molar refractivity (Wildman–Crippen MR) is 98.3 cm³/mol. The second-order valence-electron chi connectivity index (χ2n) is 7.13. The third-order valence-corrected chi connectivity index (χ3v) is 6.47. The minimum atomic E-state index is -0.419. The van der Waals surface area contributed by atoms with Crippen molar-refractivity contribution in [1.29, 1.82) is 0 Å². The summed E-state index contributed by atoms with van der Waals surface area (Å²) in [6, 6.07) is 10.9. The van der Waals surface area contributed by atoms with E-state index in [0.717, 1.165) is 39.0 Å². The zero-order valence-corrected chi connectivity index (χ0v) is 15.3. The van der Waals surface area contributed by atoms with Crippen LogP contribution in [0.5, 0.6) is 0 Å². The standard InChI is InChI=1S/C20H23FN2OS/c1-14-6-7-16(25-14)12-22-10-8-15-9-11-23(19(15)13-22)20(24)17-4-2-3-5-18(17)21/h2-7,15,19H,8-13H2,1H3. The number of rotatable bonds is 3. The van der Waals surface area contributed by atoms with Gasteiger partial charge in [-0.1, -0.05) is 12.1 Å². The molecule has 0 spiro atoms. The maximum atomic E-state index is 14.0. The van der Waals surface area contributed by atoms with E-state index in [4.69, 9.17) is 0 Å². The zero-order valence-electron chi connectivity index (χ0n) is 14.5. The summed E-state index contributed by atoms with van der Waals surface area (Å²) >= 11 is 1.84. The van der Waals surface area contributed by atoms with Crippen molar-refractivity contribution < 1.29 is 9.18 Å². The summed E-state index contributed by atoms with van der Waals surface area (Å²) in [5.74, 6) is -0.0193. The number of amides is 1. The summed E-state index contributed by atoms with van der Waals surface area (Å²) in [4.78, 5) is 19.9. The molecule has 0 aliphatic carbocycles. The molecule has 1 aromatic heterocycles. The molecule has 1 aromatic carbocycles. The molecule has 132 valence electrons. The lowest BCUT2D eigenvalue weighted by molar-refractivity contribution is 0.0587. The molecule has 2 saturated heterocycles. The average molecular weight is 358 g/mol. The maximum Gasteiger partial charge on any atom is 0.257 e. The van der Waals surface area contributed by atoms with E-state index in [2.05, 4.69) is 24.0 Å². The Hall–Kier alpha value is -1.72. The normalized spacial score (nSPS) is 23.7. The molecule has 2 aliphatic rings. The number of fused-ring (bicyclic) bond motifs is 1. The molecule has 0 radical (unpaired) electrons. The number of hydrogen-bond acceptors (Lipinski definition) is 3. The Morgan fingerprint density at radius 3 is 2.76 bits per heavy atom. The Morgan fingerprint density at radius 1 is 1.20 bits per heavy atom. The molecule has 25 heavy (non-hydrogen) atoms. The number of thiophene rings is 1. The first-order valence-corrected chi connectivity index (χ1v) is 9.76. The van der Waals surface area contributed by atoms with Crippen LogP contribution in [-0.4, -0.2) is 41.4 Å². The van der Waals surface area contributed by atoms with E-state index >= 15 is 0 Å².